The number of fused-ring (bicyclic) bond motifs is 1. The molecule has 1 fully saturated rings. The summed E-state index contributed by atoms with van der Waals surface area (Å²) in [5.74, 6) is 1.09. The lowest BCUT2D eigenvalue weighted by molar-refractivity contribution is 0.0891. The van der Waals surface area contributed by atoms with Gasteiger partial charge in [-0.1, -0.05) is 56.2 Å². The molecule has 2 aromatic carbocycles. The van der Waals surface area contributed by atoms with Crippen LogP contribution < -0.4 is 10.9 Å². The number of hydrogen-bond acceptors (Lipinski definition) is 4. The van der Waals surface area contributed by atoms with E-state index in [-0.39, 0.29) is 17.5 Å². The number of aromatic nitrogens is 3. The number of carbonyl (C=O) groups is 1. The van der Waals surface area contributed by atoms with Crippen LogP contribution in [0.2, 0.25) is 0 Å². The van der Waals surface area contributed by atoms with E-state index < -0.39 is 0 Å². The third-order valence-corrected chi connectivity index (χ3v) is 6.20. The molecular weight excluding hydrogens is 364 g/mol. The lowest BCUT2D eigenvalue weighted by atomic mass is 9.78. The van der Waals surface area contributed by atoms with Crippen LogP contribution in [-0.4, -0.2) is 26.9 Å². The van der Waals surface area contributed by atoms with Gasteiger partial charge in [-0.25, -0.2) is 4.68 Å². The van der Waals surface area contributed by atoms with Gasteiger partial charge in [0.25, 0.3) is 11.5 Å². The van der Waals surface area contributed by atoms with Gasteiger partial charge < -0.3 is 5.32 Å². The Morgan fingerprint density at radius 3 is 2.66 bits per heavy atom. The summed E-state index contributed by atoms with van der Waals surface area (Å²) in [5, 5.41) is 11.9. The van der Waals surface area contributed by atoms with Gasteiger partial charge in [0.1, 0.15) is 5.52 Å². The summed E-state index contributed by atoms with van der Waals surface area (Å²) in [7, 11) is 0. The van der Waals surface area contributed by atoms with Crippen molar-refractivity contribution < 1.29 is 4.79 Å². The van der Waals surface area contributed by atoms with Gasteiger partial charge in [-0.05, 0) is 48.1 Å². The molecule has 6 heteroatoms. The van der Waals surface area contributed by atoms with Crippen molar-refractivity contribution in [1.29, 1.82) is 0 Å². The minimum absolute atomic E-state index is 0.0369. The first-order valence-corrected chi connectivity index (χ1v) is 10.3. The van der Waals surface area contributed by atoms with Gasteiger partial charge in [0.2, 0.25) is 0 Å². The highest BCUT2D eigenvalue weighted by atomic mass is 16.1. The van der Waals surface area contributed by atoms with Crippen molar-refractivity contribution in [2.75, 3.05) is 0 Å². The van der Waals surface area contributed by atoms with Crippen molar-refractivity contribution in [3.63, 3.8) is 0 Å². The number of benzene rings is 2. The first kappa shape index (κ1) is 19.3. The Bertz CT molecular complexity index is 1070. The van der Waals surface area contributed by atoms with Crippen molar-refractivity contribution in [3.8, 4) is 0 Å². The van der Waals surface area contributed by atoms with Gasteiger partial charge in [0, 0.05) is 11.6 Å². The van der Waals surface area contributed by atoms with Crippen LogP contribution in [0.15, 0.2) is 53.3 Å². The second kappa shape index (κ2) is 8.15. The third-order valence-electron chi connectivity index (χ3n) is 6.20. The van der Waals surface area contributed by atoms with Gasteiger partial charge in [-0.15, -0.1) is 5.10 Å². The molecule has 4 rings (SSSR count). The van der Waals surface area contributed by atoms with Crippen LogP contribution in [0.25, 0.3) is 10.9 Å². The first-order valence-electron chi connectivity index (χ1n) is 10.3. The minimum atomic E-state index is -0.169. The monoisotopic (exact) mass is 390 g/mol. The molecule has 3 atom stereocenters. The van der Waals surface area contributed by atoms with E-state index in [1.54, 1.807) is 24.3 Å². The molecule has 1 aliphatic rings. The van der Waals surface area contributed by atoms with Crippen molar-refractivity contribution in [2.45, 2.75) is 45.7 Å². The molecule has 1 N–H and O–H groups in total. The first-order chi connectivity index (χ1) is 14.0. The molecule has 6 nitrogen and oxygen atoms in total. The van der Waals surface area contributed by atoms with Crippen LogP contribution in [0, 0.1) is 11.8 Å². The highest BCUT2D eigenvalue weighted by Gasteiger charge is 2.28. The predicted molar refractivity (Wildman–Crippen MR) is 113 cm³/mol. The van der Waals surface area contributed by atoms with Crippen molar-refractivity contribution in [3.05, 3.63) is 70.0 Å². The molecule has 0 radical (unpaired) electrons. The number of hydrogen-bond donors (Lipinski definition) is 1. The second-order valence-electron chi connectivity index (χ2n) is 8.11. The second-order valence-corrected chi connectivity index (χ2v) is 8.11. The van der Waals surface area contributed by atoms with E-state index in [1.165, 1.54) is 11.1 Å². The number of rotatable bonds is 4. The normalized spacial score (nSPS) is 21.8. The van der Waals surface area contributed by atoms with Crippen LogP contribution in [0.1, 0.15) is 49.0 Å². The molecule has 1 heterocycles. The van der Waals surface area contributed by atoms with Crippen molar-refractivity contribution >= 4 is 16.8 Å². The highest BCUT2D eigenvalue weighted by Crippen LogP contribution is 2.29. The van der Waals surface area contributed by atoms with Crippen LogP contribution in [0.4, 0.5) is 0 Å². The van der Waals surface area contributed by atoms with Gasteiger partial charge >= 0.3 is 0 Å². The van der Waals surface area contributed by atoms with Crippen LogP contribution in [-0.2, 0) is 6.54 Å². The zero-order chi connectivity index (χ0) is 20.4. The molecule has 3 aromatic rings. The third kappa shape index (κ3) is 4.06. The standard InChI is InChI=1S/C23H26N4O2/c1-15-6-5-9-20(16(15)2)24-22(28)18-12-10-17(11-13-18)14-27-23(29)19-7-3-4-8-21(19)25-26-27/h3-4,7-8,10-13,15-16,20H,5-6,9,14H2,1-2H3,(H,24,28). The van der Waals surface area contributed by atoms with Gasteiger partial charge in [0.05, 0.1) is 11.9 Å². The fourth-order valence-corrected chi connectivity index (χ4v) is 4.10. The summed E-state index contributed by atoms with van der Waals surface area (Å²) in [6.07, 6.45) is 3.44. The van der Waals surface area contributed by atoms with Crippen LogP contribution in [0.3, 0.4) is 0 Å². The van der Waals surface area contributed by atoms with E-state index in [9.17, 15) is 9.59 Å². The smallest absolute Gasteiger partial charge is 0.277 e. The summed E-state index contributed by atoms with van der Waals surface area (Å²) >= 11 is 0. The van der Waals surface area contributed by atoms with E-state index in [0.29, 0.717) is 34.8 Å². The average Bonchev–Trinajstić information content (AvgIpc) is 2.74. The molecule has 0 saturated heterocycles. The van der Waals surface area contributed by atoms with Crippen molar-refractivity contribution in [2.24, 2.45) is 11.8 Å². The lowest BCUT2D eigenvalue weighted by Crippen LogP contribution is -2.43. The number of nitrogens with one attached hydrogen (secondary N) is 1. The molecule has 150 valence electrons. The van der Waals surface area contributed by atoms with E-state index in [2.05, 4.69) is 29.5 Å². The molecule has 1 aliphatic carbocycles. The predicted octanol–water partition coefficient (Wildman–Crippen LogP) is 3.39. The Labute approximate surface area is 169 Å². The Morgan fingerprint density at radius 1 is 1.10 bits per heavy atom. The number of nitrogens with zero attached hydrogens (tertiary/aromatic N) is 3. The van der Waals surface area contributed by atoms with Gasteiger partial charge in [-0.2, -0.15) is 0 Å². The molecule has 29 heavy (non-hydrogen) atoms. The largest absolute Gasteiger partial charge is 0.349 e. The number of amides is 1. The molecule has 1 aromatic heterocycles. The lowest BCUT2D eigenvalue weighted by Gasteiger charge is -2.34. The fraction of sp³-hybridized carbons (Fsp3) is 0.391. The Kier molecular flexibility index (Phi) is 5.43. The van der Waals surface area contributed by atoms with Gasteiger partial charge in [0.15, 0.2) is 0 Å². The maximum Gasteiger partial charge on any atom is 0.277 e. The maximum absolute atomic E-state index is 12.6. The van der Waals surface area contributed by atoms with E-state index in [4.69, 9.17) is 0 Å². The van der Waals surface area contributed by atoms with Crippen LogP contribution in [0.5, 0.6) is 0 Å². The van der Waals surface area contributed by atoms with Crippen molar-refractivity contribution in [1.82, 2.24) is 20.3 Å². The Morgan fingerprint density at radius 2 is 1.86 bits per heavy atom. The number of carbonyl (C=O) groups excluding carboxylic acids is 1. The zero-order valence-corrected chi connectivity index (χ0v) is 16.8. The Balaban J connectivity index is 1.46. The van der Waals surface area contributed by atoms with E-state index in [1.807, 2.05) is 24.3 Å². The minimum Gasteiger partial charge on any atom is -0.349 e. The zero-order valence-electron chi connectivity index (χ0n) is 16.8. The maximum atomic E-state index is 12.6. The van der Waals surface area contributed by atoms with Gasteiger partial charge in [-0.3, -0.25) is 9.59 Å². The molecular formula is C23H26N4O2. The van der Waals surface area contributed by atoms with E-state index >= 15 is 0 Å². The summed E-state index contributed by atoms with van der Waals surface area (Å²) in [6, 6.07) is 14.8. The molecule has 3 unspecified atom stereocenters. The topological polar surface area (TPSA) is 76.9 Å². The van der Waals surface area contributed by atoms with Crippen LogP contribution >= 0.6 is 0 Å². The summed E-state index contributed by atoms with van der Waals surface area (Å²) in [4.78, 5) is 25.2. The summed E-state index contributed by atoms with van der Waals surface area (Å²) in [6.45, 7) is 4.80. The SMILES string of the molecule is CC1CCCC(NC(=O)c2ccc(Cn3nnc4ccccc4c3=O)cc2)C1C. The fourth-order valence-electron chi connectivity index (χ4n) is 4.10. The molecule has 0 aliphatic heterocycles. The Hall–Kier alpha value is -3.02. The molecule has 0 bridgehead atoms. The highest BCUT2D eigenvalue weighted by molar-refractivity contribution is 5.94. The quantitative estimate of drug-likeness (QED) is 0.741. The average molecular weight is 390 g/mol. The molecule has 0 spiro atoms. The molecule has 1 amide bonds. The summed E-state index contributed by atoms with van der Waals surface area (Å²) < 4.78 is 1.35. The summed E-state index contributed by atoms with van der Waals surface area (Å²) in [5.41, 5.74) is 1.95. The molecule has 1 saturated carbocycles. The van der Waals surface area contributed by atoms with E-state index in [0.717, 1.165) is 18.4 Å².